The lowest BCUT2D eigenvalue weighted by atomic mass is 9.92. The molecule has 0 N–H and O–H groups in total. The van der Waals surface area contributed by atoms with Crippen LogP contribution in [0.2, 0.25) is 0 Å². The summed E-state index contributed by atoms with van der Waals surface area (Å²) >= 11 is 3.46. The molecule has 0 spiro atoms. The number of halogens is 6. The second-order valence-electron chi connectivity index (χ2n) is 3.98. The minimum Gasteiger partial charge on any atom is -0.385 e. The second-order valence-corrected chi connectivity index (χ2v) is 6.47. The van der Waals surface area contributed by atoms with E-state index in [9.17, 15) is 17.3 Å². The van der Waals surface area contributed by atoms with Crippen molar-refractivity contribution in [1.82, 2.24) is 9.19 Å². The summed E-state index contributed by atoms with van der Waals surface area (Å²) in [5.74, 6) is 0. The van der Waals surface area contributed by atoms with Gasteiger partial charge in [-0.15, -0.1) is 0 Å². The lowest BCUT2D eigenvalue weighted by Crippen LogP contribution is -2.87. The minimum absolute atomic E-state index is 0.317. The fourth-order valence-corrected chi connectivity index (χ4v) is 3.22. The smallest absolute Gasteiger partial charge is 0.385 e. The van der Waals surface area contributed by atoms with Crippen LogP contribution in [0.15, 0.2) is 24.8 Å². The molecule has 96 valence electrons. The third kappa shape index (κ3) is 1.50. The molecule has 2 aromatic heterocycles. The summed E-state index contributed by atoms with van der Waals surface area (Å²) in [4.78, 5) is 0. The first-order valence-corrected chi connectivity index (χ1v) is 7.03. The van der Waals surface area contributed by atoms with Crippen LogP contribution in [-0.4, -0.2) is 23.1 Å². The van der Waals surface area contributed by atoms with Crippen molar-refractivity contribution in [3.05, 3.63) is 31.9 Å². The maximum absolute atomic E-state index is 14.2. The number of fused-ring (bicyclic) bond motifs is 2. The van der Waals surface area contributed by atoms with Gasteiger partial charge in [-0.3, -0.25) is 9.19 Å². The fraction of sp³-hybridized carbons (Fsp3) is 0. The summed E-state index contributed by atoms with van der Waals surface area (Å²) in [6.07, 6.45) is 4.08. The summed E-state index contributed by atoms with van der Waals surface area (Å²) in [6.45, 7) is -8.60. The van der Waals surface area contributed by atoms with Crippen LogP contribution in [0.5, 0.6) is 0 Å². The standard InChI is InChI=1S/C6H4B2F4I2N4/c9-7(10)15-1-5(13)2-16(15)8(11,12)18-4-6(14)3-17(7)18/h1-4H. The van der Waals surface area contributed by atoms with Crippen LogP contribution >= 0.6 is 45.2 Å². The zero-order valence-corrected chi connectivity index (χ0v) is 12.8. The molecule has 0 unspecified atom stereocenters. The molecule has 4 nitrogen and oxygen atoms in total. The Morgan fingerprint density at radius 3 is 1.50 bits per heavy atom. The number of hydrogen-bond donors (Lipinski definition) is 0. The molecule has 18 heavy (non-hydrogen) atoms. The van der Waals surface area contributed by atoms with E-state index in [1.54, 1.807) is 45.2 Å². The molecule has 0 saturated carbocycles. The van der Waals surface area contributed by atoms with Crippen molar-refractivity contribution in [1.29, 1.82) is 0 Å². The van der Waals surface area contributed by atoms with Crippen LogP contribution in [0.4, 0.5) is 17.3 Å². The third-order valence-electron chi connectivity index (χ3n) is 2.83. The van der Waals surface area contributed by atoms with Gasteiger partial charge in [0, 0.05) is 12.4 Å². The Bertz CT molecular complexity index is 551. The lowest BCUT2D eigenvalue weighted by Gasteiger charge is -2.31. The summed E-state index contributed by atoms with van der Waals surface area (Å²) in [7, 11) is 0. The highest BCUT2D eigenvalue weighted by molar-refractivity contribution is 14.1. The van der Waals surface area contributed by atoms with Crippen LogP contribution in [0.25, 0.3) is 0 Å². The summed E-state index contributed by atoms with van der Waals surface area (Å²) < 4.78 is 58.6. The highest BCUT2D eigenvalue weighted by Crippen LogP contribution is 2.19. The van der Waals surface area contributed by atoms with Crippen molar-refractivity contribution in [3.8, 4) is 0 Å². The molecule has 0 fully saturated rings. The third-order valence-corrected chi connectivity index (χ3v) is 3.94. The maximum atomic E-state index is 14.2. The zero-order valence-electron chi connectivity index (χ0n) is 8.52. The first-order valence-electron chi connectivity index (χ1n) is 4.87. The van der Waals surface area contributed by atoms with Crippen molar-refractivity contribution in [2.24, 2.45) is 0 Å². The maximum Gasteiger partial charge on any atom is 0.799 e. The monoisotopic (exact) mass is 484 g/mol. The van der Waals surface area contributed by atoms with Gasteiger partial charge in [0.1, 0.15) is 0 Å². The zero-order chi connectivity index (χ0) is 13.3. The van der Waals surface area contributed by atoms with Crippen molar-refractivity contribution >= 4 is 59.1 Å². The molecule has 3 rings (SSSR count). The largest absolute Gasteiger partial charge is 0.799 e. The van der Waals surface area contributed by atoms with Gasteiger partial charge in [0.05, 0.1) is 7.14 Å². The lowest BCUT2D eigenvalue weighted by molar-refractivity contribution is -0.737. The fourth-order valence-electron chi connectivity index (χ4n) is 2.08. The molecule has 0 aliphatic carbocycles. The molecule has 0 saturated heterocycles. The van der Waals surface area contributed by atoms with Crippen LogP contribution in [-0.2, 0) is 0 Å². The Labute approximate surface area is 126 Å². The predicted molar refractivity (Wildman–Crippen MR) is 72.2 cm³/mol. The van der Waals surface area contributed by atoms with E-state index in [4.69, 9.17) is 0 Å². The second kappa shape index (κ2) is 3.64. The summed E-state index contributed by atoms with van der Waals surface area (Å²) in [6, 6.07) is 0. The van der Waals surface area contributed by atoms with E-state index >= 15 is 0 Å². The van der Waals surface area contributed by atoms with E-state index in [0.717, 1.165) is 24.8 Å². The van der Waals surface area contributed by atoms with Crippen LogP contribution in [0.3, 0.4) is 0 Å². The van der Waals surface area contributed by atoms with E-state index in [-0.39, 0.29) is 0 Å². The molecule has 12 heteroatoms. The van der Waals surface area contributed by atoms with Gasteiger partial charge in [-0.05, 0) is 45.2 Å². The SMILES string of the molecule is F[B-]1(F)n2cc(I)c[n+]2[B-](F)(F)n2cc(I)c[n+]21. The normalized spacial score (nSPS) is 19.4. The van der Waals surface area contributed by atoms with Gasteiger partial charge < -0.3 is 17.3 Å². The Balaban J connectivity index is 2.39. The Hall–Kier alpha value is -0.270. The number of aromatic nitrogens is 4. The molecule has 0 atom stereocenters. The molecule has 1 aliphatic rings. The van der Waals surface area contributed by atoms with Crippen molar-refractivity contribution in [2.45, 2.75) is 0 Å². The van der Waals surface area contributed by atoms with E-state index in [1.807, 2.05) is 0 Å². The molecule has 0 bridgehead atoms. The van der Waals surface area contributed by atoms with Gasteiger partial charge in [-0.25, -0.2) is 9.19 Å². The molecule has 1 aliphatic heterocycles. The molecule has 0 radical (unpaired) electrons. The molecular weight excluding hydrogens is 480 g/mol. The van der Waals surface area contributed by atoms with Crippen molar-refractivity contribution in [2.75, 3.05) is 0 Å². The van der Waals surface area contributed by atoms with Crippen LogP contribution in [0.1, 0.15) is 0 Å². The highest BCUT2D eigenvalue weighted by Gasteiger charge is 2.64. The first kappa shape index (κ1) is 12.7. The summed E-state index contributed by atoms with van der Waals surface area (Å²) in [5.41, 5.74) is 0. The molecule has 0 aromatic carbocycles. The number of nitrogens with zero attached hydrogens (tertiary/aromatic N) is 4. The van der Waals surface area contributed by atoms with Gasteiger partial charge in [0.2, 0.25) is 0 Å². The van der Waals surface area contributed by atoms with Gasteiger partial charge in [0.25, 0.3) is 0 Å². The van der Waals surface area contributed by atoms with Gasteiger partial charge in [0.15, 0.2) is 12.4 Å². The number of rotatable bonds is 0. The Kier molecular flexibility index (Phi) is 2.58. The molecule has 0 amide bonds. The van der Waals surface area contributed by atoms with E-state index in [0.29, 0.717) is 25.5 Å². The predicted octanol–water partition coefficient (Wildman–Crippen LogP) is 0.929. The average Bonchev–Trinajstić information content (AvgIpc) is 2.81. The van der Waals surface area contributed by atoms with Crippen LogP contribution < -0.4 is 9.19 Å². The summed E-state index contributed by atoms with van der Waals surface area (Å²) in [5, 5.41) is 0. The van der Waals surface area contributed by atoms with E-state index in [1.165, 1.54) is 0 Å². The number of hydrogen-bond acceptors (Lipinski definition) is 0. The van der Waals surface area contributed by atoms with Crippen molar-refractivity contribution < 1.29 is 26.4 Å². The van der Waals surface area contributed by atoms with E-state index in [2.05, 4.69) is 0 Å². The topological polar surface area (TPSA) is 17.6 Å². The Morgan fingerprint density at radius 1 is 0.833 bits per heavy atom. The molecule has 3 heterocycles. The van der Waals surface area contributed by atoms with Crippen LogP contribution in [0, 0.1) is 7.14 Å². The minimum atomic E-state index is -4.30. The Morgan fingerprint density at radius 2 is 1.17 bits per heavy atom. The van der Waals surface area contributed by atoms with Gasteiger partial charge >= 0.3 is 13.9 Å². The van der Waals surface area contributed by atoms with Gasteiger partial charge in [-0.2, -0.15) is 0 Å². The van der Waals surface area contributed by atoms with Crippen molar-refractivity contribution in [3.63, 3.8) is 0 Å². The quantitative estimate of drug-likeness (QED) is 0.302. The van der Waals surface area contributed by atoms with Gasteiger partial charge in [-0.1, -0.05) is 0 Å². The average molecular weight is 484 g/mol. The molecule has 2 aromatic rings. The van der Waals surface area contributed by atoms with E-state index < -0.39 is 13.9 Å². The highest BCUT2D eigenvalue weighted by atomic mass is 127. The first-order chi connectivity index (χ1) is 8.24. The molecular formula is C6H4B2F4I2N4.